The van der Waals surface area contributed by atoms with Gasteiger partial charge in [-0.1, -0.05) is 18.2 Å². The Labute approximate surface area is 198 Å². The summed E-state index contributed by atoms with van der Waals surface area (Å²) in [6, 6.07) is 15.6. The van der Waals surface area contributed by atoms with Crippen molar-refractivity contribution in [3.63, 3.8) is 0 Å². The Morgan fingerprint density at radius 1 is 1.00 bits per heavy atom. The Balaban J connectivity index is 1.74. The van der Waals surface area contributed by atoms with E-state index in [4.69, 9.17) is 9.47 Å². The summed E-state index contributed by atoms with van der Waals surface area (Å²) in [6.07, 6.45) is 2.03. The third-order valence-corrected chi connectivity index (χ3v) is 5.91. The molecular formula is C28H26FNO4. The molecular weight excluding hydrogens is 433 g/mol. The maximum Gasteiger partial charge on any atom is 0.228 e. The zero-order valence-corrected chi connectivity index (χ0v) is 19.5. The number of ether oxygens (including phenoxy) is 2. The van der Waals surface area contributed by atoms with E-state index in [0.29, 0.717) is 5.56 Å². The van der Waals surface area contributed by atoms with Crippen LogP contribution in [0.3, 0.4) is 0 Å². The van der Waals surface area contributed by atoms with Crippen molar-refractivity contribution in [3.05, 3.63) is 88.2 Å². The van der Waals surface area contributed by atoms with Crippen LogP contribution in [0.2, 0.25) is 0 Å². The zero-order valence-electron chi connectivity index (χ0n) is 19.5. The van der Waals surface area contributed by atoms with Crippen LogP contribution in [0.1, 0.15) is 35.6 Å². The van der Waals surface area contributed by atoms with Gasteiger partial charge in [-0.25, -0.2) is 4.39 Å². The first-order chi connectivity index (χ1) is 16.3. The predicted octanol–water partition coefficient (Wildman–Crippen LogP) is 6.21. The number of hydrogen-bond acceptors (Lipinski definition) is 4. The van der Waals surface area contributed by atoms with E-state index in [1.807, 2.05) is 44.2 Å². The molecule has 1 aliphatic rings. The first kappa shape index (κ1) is 23.1. The monoisotopic (exact) mass is 459 g/mol. The Kier molecular flexibility index (Phi) is 6.41. The van der Waals surface area contributed by atoms with Gasteiger partial charge >= 0.3 is 0 Å². The zero-order chi connectivity index (χ0) is 24.4. The van der Waals surface area contributed by atoms with Crippen molar-refractivity contribution < 1.29 is 23.8 Å². The highest BCUT2D eigenvalue weighted by Gasteiger charge is 2.26. The van der Waals surface area contributed by atoms with Gasteiger partial charge in [-0.15, -0.1) is 0 Å². The number of anilines is 1. The largest absolute Gasteiger partial charge is 0.502 e. The molecule has 2 N–H and O–H groups in total. The second kappa shape index (κ2) is 9.43. The Morgan fingerprint density at radius 3 is 2.35 bits per heavy atom. The van der Waals surface area contributed by atoms with Crippen LogP contribution < -0.4 is 14.8 Å². The van der Waals surface area contributed by atoms with Crippen LogP contribution in [0.5, 0.6) is 17.2 Å². The van der Waals surface area contributed by atoms with E-state index in [1.54, 1.807) is 18.2 Å². The van der Waals surface area contributed by atoms with Gasteiger partial charge in [-0.2, -0.15) is 0 Å². The standard InChI is InChI=1S/C28H26FNO4/c1-16-6-5-7-20(10-16)30-27(31)15-23-17(2)22(21-9-8-19(29)14-24(21)23)11-18-12-25(33-3)28(32)26(13-18)34-4/h5-14,32H,15H2,1-4H3,(H,30,31). The van der Waals surface area contributed by atoms with Crippen molar-refractivity contribution in [2.75, 3.05) is 19.5 Å². The van der Waals surface area contributed by atoms with Crippen LogP contribution in [0, 0.1) is 12.7 Å². The second-order valence-electron chi connectivity index (χ2n) is 8.22. The summed E-state index contributed by atoms with van der Waals surface area (Å²) in [5.41, 5.74) is 6.55. The van der Waals surface area contributed by atoms with Crippen molar-refractivity contribution in [1.29, 1.82) is 0 Å². The minimum absolute atomic E-state index is 0.0817. The van der Waals surface area contributed by atoms with Crippen molar-refractivity contribution in [1.82, 2.24) is 0 Å². The average Bonchev–Trinajstić information content (AvgIpc) is 3.05. The quantitative estimate of drug-likeness (QED) is 0.460. The lowest BCUT2D eigenvalue weighted by Gasteiger charge is -2.11. The molecule has 0 atom stereocenters. The van der Waals surface area contributed by atoms with Crippen LogP contribution in [0.25, 0.3) is 17.2 Å². The summed E-state index contributed by atoms with van der Waals surface area (Å²) in [5, 5.41) is 13.2. The molecule has 5 nitrogen and oxygen atoms in total. The molecule has 1 amide bonds. The number of allylic oxidation sites excluding steroid dienone is 2. The van der Waals surface area contributed by atoms with E-state index in [0.717, 1.165) is 39.1 Å². The summed E-state index contributed by atoms with van der Waals surface area (Å²) in [5.74, 6) is -0.0607. The lowest BCUT2D eigenvalue weighted by Crippen LogP contribution is -2.12. The average molecular weight is 460 g/mol. The molecule has 0 saturated carbocycles. The Bertz CT molecular complexity index is 1310. The maximum atomic E-state index is 14.2. The number of phenols is 1. The molecule has 174 valence electrons. The molecule has 0 unspecified atom stereocenters. The van der Waals surface area contributed by atoms with Crippen LogP contribution >= 0.6 is 0 Å². The second-order valence-corrected chi connectivity index (χ2v) is 8.22. The lowest BCUT2D eigenvalue weighted by molar-refractivity contribution is -0.115. The topological polar surface area (TPSA) is 67.8 Å². The normalized spacial score (nSPS) is 13.7. The first-order valence-electron chi connectivity index (χ1n) is 10.8. The van der Waals surface area contributed by atoms with E-state index in [-0.39, 0.29) is 35.4 Å². The fraction of sp³-hybridized carbons (Fsp3) is 0.179. The smallest absolute Gasteiger partial charge is 0.228 e. The van der Waals surface area contributed by atoms with Gasteiger partial charge in [0.15, 0.2) is 11.5 Å². The number of benzene rings is 3. The van der Waals surface area contributed by atoms with E-state index in [2.05, 4.69) is 5.32 Å². The molecule has 3 aromatic rings. The number of methoxy groups -OCH3 is 2. The van der Waals surface area contributed by atoms with Gasteiger partial charge < -0.3 is 19.9 Å². The molecule has 6 heteroatoms. The van der Waals surface area contributed by atoms with Crippen LogP contribution in [-0.2, 0) is 4.79 Å². The van der Waals surface area contributed by atoms with E-state index < -0.39 is 0 Å². The fourth-order valence-electron chi connectivity index (χ4n) is 4.23. The first-order valence-corrected chi connectivity index (χ1v) is 10.8. The molecule has 0 saturated heterocycles. The highest BCUT2D eigenvalue weighted by atomic mass is 19.1. The summed E-state index contributed by atoms with van der Waals surface area (Å²) in [7, 11) is 2.93. The minimum Gasteiger partial charge on any atom is -0.502 e. The van der Waals surface area contributed by atoms with Crippen molar-refractivity contribution in [2.24, 2.45) is 0 Å². The van der Waals surface area contributed by atoms with Gasteiger partial charge in [0.2, 0.25) is 11.7 Å². The third-order valence-electron chi connectivity index (χ3n) is 5.91. The Morgan fingerprint density at radius 2 is 1.71 bits per heavy atom. The summed E-state index contributed by atoms with van der Waals surface area (Å²) in [6.45, 7) is 3.89. The number of amides is 1. The van der Waals surface area contributed by atoms with Gasteiger partial charge in [0.05, 0.1) is 20.6 Å². The highest BCUT2D eigenvalue weighted by molar-refractivity contribution is 6.10. The van der Waals surface area contributed by atoms with Gasteiger partial charge in [0.25, 0.3) is 0 Å². The van der Waals surface area contributed by atoms with E-state index in [9.17, 15) is 14.3 Å². The molecule has 3 aromatic carbocycles. The number of fused-ring (bicyclic) bond motifs is 1. The van der Waals surface area contributed by atoms with Gasteiger partial charge in [0, 0.05) is 5.69 Å². The molecule has 34 heavy (non-hydrogen) atoms. The van der Waals surface area contributed by atoms with Crippen LogP contribution in [0.15, 0.2) is 60.2 Å². The molecule has 0 radical (unpaired) electrons. The van der Waals surface area contributed by atoms with Crippen molar-refractivity contribution in [3.8, 4) is 17.2 Å². The SMILES string of the molecule is COc1cc(C=C2C(C)=C(CC(=O)Nc3cccc(C)c3)c3cc(F)ccc32)cc(OC)c1O. The number of halogens is 1. The Hall–Kier alpha value is -4.06. The maximum absolute atomic E-state index is 14.2. The van der Waals surface area contributed by atoms with Crippen molar-refractivity contribution >= 4 is 28.8 Å². The summed E-state index contributed by atoms with van der Waals surface area (Å²) in [4.78, 5) is 12.9. The third kappa shape index (κ3) is 4.53. The molecule has 1 aliphatic carbocycles. The highest BCUT2D eigenvalue weighted by Crippen LogP contribution is 2.45. The molecule has 0 bridgehead atoms. The number of aromatic hydroxyl groups is 1. The number of rotatable bonds is 6. The predicted molar refractivity (Wildman–Crippen MR) is 133 cm³/mol. The van der Waals surface area contributed by atoms with E-state index >= 15 is 0 Å². The van der Waals surface area contributed by atoms with Crippen LogP contribution in [0.4, 0.5) is 10.1 Å². The molecule has 0 aromatic heterocycles. The molecule has 0 aliphatic heterocycles. The summed E-state index contributed by atoms with van der Waals surface area (Å²) >= 11 is 0. The summed E-state index contributed by atoms with van der Waals surface area (Å²) < 4.78 is 24.7. The number of carbonyl (C=O) groups excluding carboxylic acids is 1. The molecule has 0 fully saturated rings. The van der Waals surface area contributed by atoms with Gasteiger partial charge in [-0.05, 0) is 95.3 Å². The lowest BCUT2D eigenvalue weighted by atomic mass is 10.00. The van der Waals surface area contributed by atoms with Crippen molar-refractivity contribution in [2.45, 2.75) is 20.3 Å². The number of hydrogen-bond donors (Lipinski definition) is 2. The number of carbonyl (C=O) groups is 1. The fourth-order valence-corrected chi connectivity index (χ4v) is 4.23. The molecule has 0 spiro atoms. The van der Waals surface area contributed by atoms with Gasteiger partial charge in [0.1, 0.15) is 5.82 Å². The molecule has 0 heterocycles. The number of nitrogens with one attached hydrogen (secondary N) is 1. The number of phenolic OH excluding ortho intramolecular Hbond substituents is 1. The van der Waals surface area contributed by atoms with E-state index in [1.165, 1.54) is 26.4 Å². The molecule has 4 rings (SSSR count). The minimum atomic E-state index is -0.364. The van der Waals surface area contributed by atoms with Crippen LogP contribution in [-0.4, -0.2) is 25.2 Å². The van der Waals surface area contributed by atoms with Gasteiger partial charge in [-0.3, -0.25) is 4.79 Å². The number of aryl methyl sites for hydroxylation is 1.